The van der Waals surface area contributed by atoms with Crippen LogP contribution in [-0.2, 0) is 11.2 Å². The molecular weight excluding hydrogens is 318 g/mol. The van der Waals surface area contributed by atoms with Crippen molar-refractivity contribution in [2.45, 2.75) is 38.1 Å². The Morgan fingerprint density at radius 3 is 3.05 bits per heavy atom. The fraction of sp³-hybridized carbons (Fsp3) is 0.562. The van der Waals surface area contributed by atoms with Crippen LogP contribution in [0, 0.1) is 5.92 Å². The van der Waals surface area contributed by atoms with Crippen molar-refractivity contribution in [2.24, 2.45) is 5.92 Å². The van der Waals surface area contributed by atoms with E-state index < -0.39 is 5.97 Å². The molecule has 20 heavy (non-hydrogen) atoms. The summed E-state index contributed by atoms with van der Waals surface area (Å²) in [7, 11) is 0. The molecule has 2 unspecified atom stereocenters. The Kier molecular flexibility index (Phi) is 4.13. The molecule has 0 aromatic heterocycles. The number of carboxylic acid groups (broad SMARTS) is 1. The predicted octanol–water partition coefficient (Wildman–Crippen LogP) is 3.62. The Hall–Kier alpha value is -0.870. The van der Waals surface area contributed by atoms with Gasteiger partial charge in [0.1, 0.15) is 0 Å². The van der Waals surface area contributed by atoms with Gasteiger partial charge >= 0.3 is 5.97 Å². The maximum absolute atomic E-state index is 10.9. The molecule has 3 nitrogen and oxygen atoms in total. The van der Waals surface area contributed by atoms with Crippen LogP contribution < -0.4 is 0 Å². The van der Waals surface area contributed by atoms with Crippen LogP contribution in [0.4, 0.5) is 0 Å². The van der Waals surface area contributed by atoms with Crippen LogP contribution in [0.15, 0.2) is 22.7 Å². The van der Waals surface area contributed by atoms with Gasteiger partial charge in [-0.3, -0.25) is 9.69 Å². The number of carboxylic acids is 1. The molecule has 0 bridgehead atoms. The first-order valence-corrected chi connectivity index (χ1v) is 8.17. The van der Waals surface area contributed by atoms with Gasteiger partial charge in [0.05, 0.1) is 0 Å². The van der Waals surface area contributed by atoms with Crippen molar-refractivity contribution in [3.05, 3.63) is 33.8 Å². The van der Waals surface area contributed by atoms with Crippen molar-refractivity contribution >= 4 is 21.9 Å². The zero-order valence-electron chi connectivity index (χ0n) is 11.5. The molecule has 108 valence electrons. The van der Waals surface area contributed by atoms with E-state index in [-0.39, 0.29) is 0 Å². The van der Waals surface area contributed by atoms with Gasteiger partial charge in [0.2, 0.25) is 0 Å². The minimum Gasteiger partial charge on any atom is -0.481 e. The van der Waals surface area contributed by atoms with E-state index in [2.05, 4.69) is 39.0 Å². The summed E-state index contributed by atoms with van der Waals surface area (Å²) in [6.07, 6.45) is 4.81. The summed E-state index contributed by atoms with van der Waals surface area (Å²) >= 11 is 3.54. The molecule has 1 aromatic rings. The predicted molar refractivity (Wildman–Crippen MR) is 81.8 cm³/mol. The molecule has 1 saturated heterocycles. The van der Waals surface area contributed by atoms with E-state index in [1.165, 1.54) is 17.5 Å². The van der Waals surface area contributed by atoms with Crippen molar-refractivity contribution < 1.29 is 9.90 Å². The largest absolute Gasteiger partial charge is 0.481 e. The number of fused-ring (bicyclic) bond motifs is 1. The lowest BCUT2D eigenvalue weighted by Crippen LogP contribution is -2.38. The lowest BCUT2D eigenvalue weighted by molar-refractivity contribution is -0.138. The van der Waals surface area contributed by atoms with E-state index >= 15 is 0 Å². The first kappa shape index (κ1) is 14.1. The maximum atomic E-state index is 10.9. The summed E-state index contributed by atoms with van der Waals surface area (Å²) < 4.78 is 1.15. The zero-order chi connectivity index (χ0) is 14.1. The van der Waals surface area contributed by atoms with Crippen molar-refractivity contribution in [1.82, 2.24) is 4.90 Å². The highest BCUT2D eigenvalue weighted by Crippen LogP contribution is 2.39. The highest BCUT2D eigenvalue weighted by atomic mass is 79.9. The van der Waals surface area contributed by atoms with E-state index in [1.807, 2.05) is 0 Å². The fourth-order valence-electron chi connectivity index (χ4n) is 3.74. The van der Waals surface area contributed by atoms with Gasteiger partial charge in [-0.25, -0.2) is 0 Å². The van der Waals surface area contributed by atoms with Crippen LogP contribution in [0.1, 0.15) is 42.9 Å². The van der Waals surface area contributed by atoms with Gasteiger partial charge in [-0.05, 0) is 61.4 Å². The second kappa shape index (κ2) is 5.86. The minimum atomic E-state index is -0.660. The summed E-state index contributed by atoms with van der Waals surface area (Å²) in [5.74, 6) is -0.339. The number of aliphatic carboxylic acids is 1. The van der Waals surface area contributed by atoms with Crippen LogP contribution in [0.5, 0.6) is 0 Å². The number of hydrogen-bond acceptors (Lipinski definition) is 2. The summed E-state index contributed by atoms with van der Waals surface area (Å²) in [6.45, 7) is 2.04. The second-order valence-corrected chi connectivity index (χ2v) is 6.91. The van der Waals surface area contributed by atoms with E-state index in [0.29, 0.717) is 18.4 Å². The molecule has 2 aliphatic rings. The third kappa shape index (κ3) is 2.91. The van der Waals surface area contributed by atoms with Crippen molar-refractivity contribution in [1.29, 1.82) is 0 Å². The highest BCUT2D eigenvalue weighted by molar-refractivity contribution is 9.10. The summed E-state index contributed by atoms with van der Waals surface area (Å²) in [6, 6.07) is 7.08. The number of carbonyl (C=O) groups is 1. The van der Waals surface area contributed by atoms with E-state index in [0.717, 1.165) is 36.8 Å². The Balaban J connectivity index is 1.73. The first-order valence-electron chi connectivity index (χ1n) is 7.37. The van der Waals surface area contributed by atoms with Gasteiger partial charge in [-0.2, -0.15) is 0 Å². The van der Waals surface area contributed by atoms with Gasteiger partial charge in [0.25, 0.3) is 0 Å². The van der Waals surface area contributed by atoms with Gasteiger partial charge in [-0.15, -0.1) is 0 Å². The molecule has 1 aromatic carbocycles. The first-order chi connectivity index (χ1) is 9.63. The number of halogens is 1. The van der Waals surface area contributed by atoms with Gasteiger partial charge in [0.15, 0.2) is 0 Å². The number of nitrogens with zero attached hydrogens (tertiary/aromatic N) is 1. The maximum Gasteiger partial charge on any atom is 0.303 e. The molecule has 0 saturated carbocycles. The monoisotopic (exact) mass is 337 g/mol. The number of benzene rings is 1. The van der Waals surface area contributed by atoms with Crippen LogP contribution in [0.3, 0.4) is 0 Å². The average molecular weight is 338 g/mol. The lowest BCUT2D eigenvalue weighted by atomic mass is 9.93. The minimum absolute atomic E-state index is 0.316. The quantitative estimate of drug-likeness (QED) is 0.915. The van der Waals surface area contributed by atoms with Gasteiger partial charge in [0, 0.05) is 23.5 Å². The summed E-state index contributed by atoms with van der Waals surface area (Å²) in [5.41, 5.74) is 2.90. The van der Waals surface area contributed by atoms with Crippen molar-refractivity contribution in [3.63, 3.8) is 0 Å². The molecule has 1 aliphatic heterocycles. The van der Waals surface area contributed by atoms with Gasteiger partial charge in [-0.1, -0.05) is 22.0 Å². The normalized spacial score (nSPS) is 26.4. The molecule has 1 fully saturated rings. The number of aryl methyl sites for hydroxylation is 1. The number of piperidine rings is 1. The number of rotatable bonds is 3. The molecule has 1 N–H and O–H groups in total. The molecule has 0 amide bonds. The van der Waals surface area contributed by atoms with E-state index in [9.17, 15) is 4.79 Å². The van der Waals surface area contributed by atoms with Gasteiger partial charge < -0.3 is 5.11 Å². The smallest absolute Gasteiger partial charge is 0.303 e. The number of likely N-dealkylation sites (tertiary alicyclic amines) is 1. The van der Waals surface area contributed by atoms with E-state index in [1.54, 1.807) is 0 Å². The van der Waals surface area contributed by atoms with Crippen molar-refractivity contribution in [2.75, 3.05) is 13.1 Å². The molecule has 4 heteroatoms. The molecule has 3 rings (SSSR count). The van der Waals surface area contributed by atoms with Crippen LogP contribution >= 0.6 is 15.9 Å². The third-order valence-electron chi connectivity index (χ3n) is 4.61. The highest BCUT2D eigenvalue weighted by Gasteiger charge is 2.31. The fourth-order valence-corrected chi connectivity index (χ4v) is 4.15. The Morgan fingerprint density at radius 1 is 1.40 bits per heavy atom. The molecule has 2 atom stereocenters. The summed E-state index contributed by atoms with van der Waals surface area (Å²) in [5, 5.41) is 8.98. The van der Waals surface area contributed by atoms with Crippen LogP contribution in [0.25, 0.3) is 0 Å². The molecule has 0 radical (unpaired) electrons. The lowest BCUT2D eigenvalue weighted by Gasteiger charge is -2.36. The Labute approximate surface area is 128 Å². The molecule has 0 spiro atoms. The number of hydrogen-bond donors (Lipinski definition) is 1. The third-order valence-corrected chi connectivity index (χ3v) is 5.10. The molecule has 1 heterocycles. The van der Waals surface area contributed by atoms with Crippen molar-refractivity contribution in [3.8, 4) is 0 Å². The standard InChI is InChI=1S/C16H20BrNO2/c17-13-4-5-14-12(9-13)3-6-15(14)18-7-1-2-11(10-18)8-16(19)20/h4-5,9,11,15H,1-3,6-8,10H2,(H,19,20). The van der Waals surface area contributed by atoms with Crippen LogP contribution in [-0.4, -0.2) is 29.1 Å². The Bertz CT molecular complexity index is 517. The van der Waals surface area contributed by atoms with Crippen LogP contribution in [0.2, 0.25) is 0 Å². The molecular formula is C16H20BrNO2. The summed E-state index contributed by atoms with van der Waals surface area (Å²) in [4.78, 5) is 13.4. The second-order valence-electron chi connectivity index (χ2n) is 6.00. The molecule has 1 aliphatic carbocycles. The Morgan fingerprint density at radius 2 is 2.25 bits per heavy atom. The zero-order valence-corrected chi connectivity index (χ0v) is 13.1. The average Bonchev–Trinajstić information content (AvgIpc) is 2.81. The topological polar surface area (TPSA) is 40.5 Å². The SMILES string of the molecule is O=C(O)CC1CCCN(C2CCc3cc(Br)ccc32)C1. The van der Waals surface area contributed by atoms with E-state index in [4.69, 9.17) is 5.11 Å².